The van der Waals surface area contributed by atoms with Gasteiger partial charge in [-0.2, -0.15) is 0 Å². The van der Waals surface area contributed by atoms with Crippen molar-refractivity contribution in [2.75, 3.05) is 11.4 Å². The second kappa shape index (κ2) is 9.49. The van der Waals surface area contributed by atoms with Crippen molar-refractivity contribution in [3.05, 3.63) is 82.6 Å². The zero-order chi connectivity index (χ0) is 24.0. The highest BCUT2D eigenvalue weighted by molar-refractivity contribution is 8.93. The Morgan fingerprint density at radius 2 is 1.53 bits per heavy atom. The van der Waals surface area contributed by atoms with Gasteiger partial charge < -0.3 is 4.90 Å². The van der Waals surface area contributed by atoms with Crippen LogP contribution in [0.15, 0.2) is 70.9 Å². The predicted octanol–water partition coefficient (Wildman–Crippen LogP) is 8.96. The minimum atomic E-state index is 0. The van der Waals surface area contributed by atoms with Gasteiger partial charge in [-0.05, 0) is 70.2 Å². The average Bonchev–Trinajstić information content (AvgIpc) is 2.98. The van der Waals surface area contributed by atoms with Gasteiger partial charge in [-0.25, -0.2) is 0 Å². The summed E-state index contributed by atoms with van der Waals surface area (Å²) in [5, 5.41) is 0. The van der Waals surface area contributed by atoms with Crippen molar-refractivity contribution in [3.63, 3.8) is 0 Å². The summed E-state index contributed by atoms with van der Waals surface area (Å²) in [6.07, 6.45) is 8.70. The van der Waals surface area contributed by atoms with Crippen molar-refractivity contribution >= 4 is 34.6 Å². The maximum Gasteiger partial charge on any atom is 0.0635 e. The summed E-state index contributed by atoms with van der Waals surface area (Å²) in [6, 6.07) is 15.7. The summed E-state index contributed by atoms with van der Waals surface area (Å²) in [4.78, 5) is 7.39. The van der Waals surface area contributed by atoms with E-state index in [9.17, 15) is 0 Å². The normalized spacial score (nSPS) is 17.8. The molecule has 0 aromatic heterocycles. The van der Waals surface area contributed by atoms with Crippen molar-refractivity contribution in [2.45, 2.75) is 84.5 Å². The Labute approximate surface area is 217 Å². The van der Waals surface area contributed by atoms with Crippen LogP contribution in [0.3, 0.4) is 0 Å². The third-order valence-electron chi connectivity index (χ3n) is 7.12. The van der Waals surface area contributed by atoms with E-state index in [1.54, 1.807) is 0 Å². The highest BCUT2D eigenvalue weighted by Crippen LogP contribution is 2.50. The first kappa shape index (κ1) is 26.5. The molecule has 0 saturated heterocycles. The van der Waals surface area contributed by atoms with Gasteiger partial charge in [0.05, 0.1) is 5.69 Å². The zero-order valence-electron chi connectivity index (χ0n) is 22.2. The summed E-state index contributed by atoms with van der Waals surface area (Å²) in [6.45, 7) is 19.5. The number of hydrogen-bond acceptors (Lipinski definition) is 2. The molecule has 2 aliphatic heterocycles. The monoisotopic (exact) mass is 520 g/mol. The van der Waals surface area contributed by atoms with Gasteiger partial charge in [-0.15, -0.1) is 17.0 Å². The Balaban J connectivity index is 0.00000324. The molecule has 2 aliphatic rings. The number of benzene rings is 2. The van der Waals surface area contributed by atoms with Gasteiger partial charge in [0.25, 0.3) is 0 Å². The molecule has 0 unspecified atom stereocenters. The van der Waals surface area contributed by atoms with Gasteiger partial charge >= 0.3 is 0 Å². The fraction of sp³-hybridized carbons (Fsp3) is 0.452. The third kappa shape index (κ3) is 5.10. The Kier molecular flexibility index (Phi) is 7.39. The van der Waals surface area contributed by atoms with Crippen molar-refractivity contribution < 1.29 is 0 Å². The first-order chi connectivity index (χ1) is 15.4. The van der Waals surface area contributed by atoms with Gasteiger partial charge in [-0.3, -0.25) is 4.99 Å². The Bertz CT molecular complexity index is 1100. The van der Waals surface area contributed by atoms with E-state index in [2.05, 4.69) is 115 Å². The lowest BCUT2D eigenvalue weighted by Gasteiger charge is -2.33. The highest BCUT2D eigenvalue weighted by atomic mass is 79.9. The molecule has 0 saturated carbocycles. The van der Waals surface area contributed by atoms with E-state index >= 15 is 0 Å². The van der Waals surface area contributed by atoms with E-state index in [-0.39, 0.29) is 33.2 Å². The Hall–Kier alpha value is -2.13. The van der Waals surface area contributed by atoms with E-state index in [1.165, 1.54) is 40.1 Å². The van der Waals surface area contributed by atoms with Crippen molar-refractivity contribution in [3.8, 4) is 0 Å². The quantitative estimate of drug-likeness (QED) is 0.368. The Morgan fingerprint density at radius 3 is 2.15 bits per heavy atom. The second-order valence-corrected chi connectivity index (χ2v) is 12.2. The molecule has 4 rings (SSSR count). The van der Waals surface area contributed by atoms with E-state index in [4.69, 9.17) is 4.99 Å². The maximum atomic E-state index is 4.85. The summed E-state index contributed by atoms with van der Waals surface area (Å²) in [7, 11) is 0. The topological polar surface area (TPSA) is 15.6 Å². The largest absolute Gasteiger partial charge is 0.344 e. The number of para-hydroxylation sites is 1. The van der Waals surface area contributed by atoms with Crippen LogP contribution in [0.5, 0.6) is 0 Å². The second-order valence-electron chi connectivity index (χ2n) is 12.2. The number of anilines is 1. The Morgan fingerprint density at radius 1 is 0.912 bits per heavy atom. The molecule has 2 nitrogen and oxygen atoms in total. The molecular weight excluding hydrogens is 480 g/mol. The van der Waals surface area contributed by atoms with Gasteiger partial charge in [0.1, 0.15) is 0 Å². The molecule has 34 heavy (non-hydrogen) atoms. The van der Waals surface area contributed by atoms with Gasteiger partial charge in [-0.1, -0.05) is 85.7 Å². The van der Waals surface area contributed by atoms with Crippen LogP contribution in [-0.4, -0.2) is 12.8 Å². The summed E-state index contributed by atoms with van der Waals surface area (Å²) in [5.41, 5.74) is 9.67. The van der Waals surface area contributed by atoms with Crippen LogP contribution >= 0.6 is 17.0 Å². The highest BCUT2D eigenvalue weighted by Gasteiger charge is 2.42. The average molecular weight is 522 g/mol. The molecule has 2 aromatic carbocycles. The SMILES string of the molecule is Br.CC(C)(C)c1cc(N=CC=CC2=C3N(CCC2)c2ccccc2C3(C)C)cc(C(C)(C)C)c1. The molecule has 3 heteroatoms. The number of rotatable bonds is 3. The van der Waals surface area contributed by atoms with Crippen molar-refractivity contribution in [1.29, 1.82) is 0 Å². The smallest absolute Gasteiger partial charge is 0.0635 e. The first-order valence-corrected chi connectivity index (χ1v) is 12.4. The van der Waals surface area contributed by atoms with E-state index in [1.807, 2.05) is 6.21 Å². The number of aliphatic imine (C=N–C) groups is 1. The fourth-order valence-corrected chi connectivity index (χ4v) is 5.18. The minimum absolute atomic E-state index is 0. The standard InChI is InChI=1S/C31H40N2.BrH/c1-29(2,3)23-19-24(30(4,5)6)21-25(20-23)32-17-11-13-22-14-12-18-33-27-16-10-9-15-26(27)31(7,8)28(22)33;/h9-11,13,15-17,19-21H,12,14,18H2,1-8H3;1H. The van der Waals surface area contributed by atoms with E-state index in [0.717, 1.165) is 18.7 Å². The van der Waals surface area contributed by atoms with E-state index in [0.29, 0.717) is 0 Å². The number of halogens is 1. The lowest BCUT2D eigenvalue weighted by Crippen LogP contribution is -2.31. The fourth-order valence-electron chi connectivity index (χ4n) is 5.18. The van der Waals surface area contributed by atoms with Crippen LogP contribution in [0.2, 0.25) is 0 Å². The molecule has 0 aliphatic carbocycles. The third-order valence-corrected chi connectivity index (χ3v) is 7.12. The molecule has 0 fully saturated rings. The molecule has 0 N–H and O–H groups in total. The number of hydrogen-bond donors (Lipinski definition) is 0. The zero-order valence-corrected chi connectivity index (χ0v) is 23.9. The van der Waals surface area contributed by atoms with Crippen LogP contribution in [0.4, 0.5) is 11.4 Å². The molecule has 0 atom stereocenters. The van der Waals surface area contributed by atoms with Crippen LogP contribution in [0.1, 0.15) is 84.9 Å². The van der Waals surface area contributed by atoms with Gasteiger partial charge in [0.2, 0.25) is 0 Å². The lowest BCUT2D eigenvalue weighted by molar-refractivity contribution is 0.569. The number of allylic oxidation sites excluding steroid dienone is 4. The maximum absolute atomic E-state index is 4.85. The molecule has 182 valence electrons. The molecule has 0 amide bonds. The van der Waals surface area contributed by atoms with Gasteiger partial charge in [0.15, 0.2) is 0 Å². The number of nitrogens with zero attached hydrogens (tertiary/aromatic N) is 2. The summed E-state index contributed by atoms with van der Waals surface area (Å²) in [5.74, 6) is 0. The van der Waals surface area contributed by atoms with Crippen molar-refractivity contribution in [1.82, 2.24) is 0 Å². The molecular formula is C31H41BrN2. The lowest BCUT2D eigenvalue weighted by atomic mass is 9.80. The summed E-state index contributed by atoms with van der Waals surface area (Å²) < 4.78 is 0. The van der Waals surface area contributed by atoms with E-state index < -0.39 is 0 Å². The van der Waals surface area contributed by atoms with Crippen LogP contribution in [-0.2, 0) is 16.2 Å². The molecule has 0 spiro atoms. The molecule has 0 bridgehead atoms. The van der Waals surface area contributed by atoms with Crippen LogP contribution in [0, 0.1) is 0 Å². The minimum Gasteiger partial charge on any atom is -0.344 e. The molecule has 0 radical (unpaired) electrons. The first-order valence-electron chi connectivity index (χ1n) is 12.4. The van der Waals surface area contributed by atoms with Gasteiger partial charge in [0, 0.05) is 29.6 Å². The van der Waals surface area contributed by atoms with Crippen LogP contribution in [0.25, 0.3) is 0 Å². The molecule has 2 heterocycles. The summed E-state index contributed by atoms with van der Waals surface area (Å²) >= 11 is 0. The number of fused-ring (bicyclic) bond motifs is 3. The molecule has 2 aromatic rings. The predicted molar refractivity (Wildman–Crippen MR) is 155 cm³/mol. The van der Waals surface area contributed by atoms with Crippen molar-refractivity contribution in [2.24, 2.45) is 4.99 Å². The van der Waals surface area contributed by atoms with Crippen LogP contribution < -0.4 is 4.90 Å².